The Balaban J connectivity index is 2.18. The molecule has 1 aliphatic heterocycles. The van der Waals surface area contributed by atoms with Crippen LogP contribution in [-0.4, -0.2) is 47.3 Å². The number of ether oxygens (including phenoxy) is 2. The summed E-state index contributed by atoms with van der Waals surface area (Å²) in [4.78, 5) is 10.8. The largest absolute Gasteiger partial charge is 0.377 e. The number of carbonyl (C=O) groups is 1. The van der Waals surface area contributed by atoms with Gasteiger partial charge in [0.25, 0.3) is 5.91 Å². The molecule has 1 aromatic rings. The molecule has 2 N–H and O–H groups in total. The van der Waals surface area contributed by atoms with Crippen molar-refractivity contribution in [3.8, 4) is 0 Å². The lowest BCUT2D eigenvalue weighted by Crippen LogP contribution is -2.24. The quantitative estimate of drug-likeness (QED) is 0.691. The van der Waals surface area contributed by atoms with E-state index in [4.69, 9.17) is 15.2 Å². The summed E-state index contributed by atoms with van der Waals surface area (Å²) >= 11 is 0. The Kier molecular flexibility index (Phi) is 2.65. The molecule has 1 aliphatic rings. The van der Waals surface area contributed by atoms with Gasteiger partial charge in [0.15, 0.2) is 5.69 Å². The van der Waals surface area contributed by atoms with Crippen LogP contribution in [0.1, 0.15) is 16.5 Å². The highest BCUT2D eigenvalue weighted by Gasteiger charge is 2.30. The van der Waals surface area contributed by atoms with E-state index < -0.39 is 5.91 Å². The fourth-order valence-electron chi connectivity index (χ4n) is 1.55. The molecule has 0 bridgehead atoms. The highest BCUT2D eigenvalue weighted by atomic mass is 16.5. The molecular weight excluding hydrogens is 200 g/mol. The molecule has 0 aromatic carbocycles. The third kappa shape index (κ3) is 1.83. The Bertz CT molecular complexity index is 365. The van der Waals surface area contributed by atoms with Crippen molar-refractivity contribution in [3.05, 3.63) is 11.9 Å². The Morgan fingerprint density at radius 2 is 2.53 bits per heavy atom. The van der Waals surface area contributed by atoms with Crippen molar-refractivity contribution in [1.82, 2.24) is 15.0 Å². The average molecular weight is 212 g/mol. The van der Waals surface area contributed by atoms with Crippen LogP contribution in [0.5, 0.6) is 0 Å². The van der Waals surface area contributed by atoms with Gasteiger partial charge in [-0.15, -0.1) is 5.10 Å². The minimum Gasteiger partial charge on any atom is -0.377 e. The lowest BCUT2D eigenvalue weighted by Gasteiger charge is -2.14. The standard InChI is InChI=1S/C8H12N4O3/c1-14-7-4-15-3-6(7)12-2-5(8(9)13)10-11-12/h2,6-7H,3-4H2,1H3,(H2,9,13)/t6-,7-/m0/s1. The molecule has 2 rings (SSSR count). The number of nitrogens with two attached hydrogens (primary N) is 1. The first-order valence-corrected chi connectivity index (χ1v) is 4.54. The molecule has 2 heterocycles. The zero-order valence-electron chi connectivity index (χ0n) is 8.29. The molecule has 0 spiro atoms. The Morgan fingerprint density at radius 3 is 3.13 bits per heavy atom. The van der Waals surface area contributed by atoms with Gasteiger partial charge in [0, 0.05) is 7.11 Å². The van der Waals surface area contributed by atoms with Gasteiger partial charge in [-0.1, -0.05) is 5.21 Å². The summed E-state index contributed by atoms with van der Waals surface area (Å²) in [6.07, 6.45) is 1.45. The summed E-state index contributed by atoms with van der Waals surface area (Å²) in [6, 6.07) is -0.0457. The second kappa shape index (κ2) is 3.95. The van der Waals surface area contributed by atoms with Crippen LogP contribution >= 0.6 is 0 Å². The summed E-state index contributed by atoms with van der Waals surface area (Å²) in [6.45, 7) is 1.02. The Morgan fingerprint density at radius 1 is 1.73 bits per heavy atom. The number of nitrogens with zero attached hydrogens (tertiary/aromatic N) is 3. The first-order valence-electron chi connectivity index (χ1n) is 4.54. The minimum absolute atomic E-state index is 0.0457. The van der Waals surface area contributed by atoms with E-state index in [1.54, 1.807) is 11.8 Å². The van der Waals surface area contributed by atoms with Crippen LogP contribution < -0.4 is 5.73 Å². The van der Waals surface area contributed by atoms with E-state index >= 15 is 0 Å². The van der Waals surface area contributed by atoms with Crippen LogP contribution in [0.4, 0.5) is 0 Å². The van der Waals surface area contributed by atoms with E-state index in [0.29, 0.717) is 13.2 Å². The van der Waals surface area contributed by atoms with E-state index in [-0.39, 0.29) is 17.8 Å². The van der Waals surface area contributed by atoms with Crippen LogP contribution in [-0.2, 0) is 9.47 Å². The average Bonchev–Trinajstić information content (AvgIpc) is 2.85. The van der Waals surface area contributed by atoms with Gasteiger partial charge in [-0.05, 0) is 0 Å². The summed E-state index contributed by atoms with van der Waals surface area (Å²) in [5.74, 6) is -0.589. The molecule has 0 radical (unpaired) electrons. The molecule has 0 unspecified atom stereocenters. The van der Waals surface area contributed by atoms with Gasteiger partial charge in [-0.2, -0.15) is 0 Å². The third-order valence-corrected chi connectivity index (χ3v) is 2.41. The molecule has 7 heteroatoms. The maximum Gasteiger partial charge on any atom is 0.270 e. The molecule has 1 saturated heterocycles. The number of primary amides is 1. The van der Waals surface area contributed by atoms with Crippen molar-refractivity contribution in [1.29, 1.82) is 0 Å². The van der Waals surface area contributed by atoms with Crippen molar-refractivity contribution in [3.63, 3.8) is 0 Å². The monoisotopic (exact) mass is 212 g/mol. The smallest absolute Gasteiger partial charge is 0.270 e. The first-order chi connectivity index (χ1) is 7.22. The number of amides is 1. The Hall–Kier alpha value is -1.47. The SMILES string of the molecule is CO[C@H]1COC[C@@H]1n1cc(C(N)=O)nn1. The van der Waals surface area contributed by atoms with Gasteiger partial charge < -0.3 is 15.2 Å². The molecule has 0 aliphatic carbocycles. The van der Waals surface area contributed by atoms with Gasteiger partial charge in [0.1, 0.15) is 12.1 Å². The molecular formula is C8H12N4O3. The van der Waals surface area contributed by atoms with E-state index in [0.717, 1.165) is 0 Å². The first kappa shape index (κ1) is 10.1. The van der Waals surface area contributed by atoms with Crippen molar-refractivity contribution in [2.24, 2.45) is 5.73 Å². The van der Waals surface area contributed by atoms with Crippen molar-refractivity contribution < 1.29 is 14.3 Å². The number of carbonyl (C=O) groups excluding carboxylic acids is 1. The topological polar surface area (TPSA) is 92.3 Å². The molecule has 15 heavy (non-hydrogen) atoms. The molecule has 1 aromatic heterocycles. The molecule has 1 fully saturated rings. The number of rotatable bonds is 3. The minimum atomic E-state index is -0.589. The summed E-state index contributed by atoms with van der Waals surface area (Å²) in [7, 11) is 1.61. The highest BCUT2D eigenvalue weighted by Crippen LogP contribution is 2.20. The van der Waals surface area contributed by atoms with E-state index in [2.05, 4.69) is 10.3 Å². The maximum atomic E-state index is 10.8. The molecule has 7 nitrogen and oxygen atoms in total. The number of hydrogen-bond donors (Lipinski definition) is 1. The van der Waals surface area contributed by atoms with Gasteiger partial charge in [0.05, 0.1) is 19.4 Å². The Labute approximate surface area is 86.1 Å². The van der Waals surface area contributed by atoms with Crippen LogP contribution in [0.15, 0.2) is 6.20 Å². The number of aromatic nitrogens is 3. The second-order valence-corrected chi connectivity index (χ2v) is 3.33. The van der Waals surface area contributed by atoms with E-state index in [1.165, 1.54) is 6.20 Å². The lowest BCUT2D eigenvalue weighted by atomic mass is 10.2. The van der Waals surface area contributed by atoms with Gasteiger partial charge in [-0.3, -0.25) is 4.79 Å². The molecule has 2 atom stereocenters. The number of hydrogen-bond acceptors (Lipinski definition) is 5. The predicted octanol–water partition coefficient (Wildman–Crippen LogP) is -1.04. The lowest BCUT2D eigenvalue weighted by molar-refractivity contribution is 0.0661. The zero-order valence-corrected chi connectivity index (χ0v) is 8.29. The van der Waals surface area contributed by atoms with Crippen LogP contribution in [0.3, 0.4) is 0 Å². The van der Waals surface area contributed by atoms with Crippen LogP contribution in [0.25, 0.3) is 0 Å². The van der Waals surface area contributed by atoms with Gasteiger partial charge in [-0.25, -0.2) is 4.68 Å². The maximum absolute atomic E-state index is 10.8. The zero-order chi connectivity index (χ0) is 10.8. The van der Waals surface area contributed by atoms with Crippen LogP contribution in [0, 0.1) is 0 Å². The molecule has 0 saturated carbocycles. The second-order valence-electron chi connectivity index (χ2n) is 3.33. The normalized spacial score (nSPS) is 25.7. The van der Waals surface area contributed by atoms with Crippen molar-refractivity contribution in [2.75, 3.05) is 20.3 Å². The van der Waals surface area contributed by atoms with Gasteiger partial charge >= 0.3 is 0 Å². The highest BCUT2D eigenvalue weighted by molar-refractivity contribution is 5.90. The number of methoxy groups -OCH3 is 1. The predicted molar refractivity (Wildman–Crippen MR) is 49.2 cm³/mol. The molecule has 1 amide bonds. The fraction of sp³-hybridized carbons (Fsp3) is 0.625. The van der Waals surface area contributed by atoms with Crippen molar-refractivity contribution in [2.45, 2.75) is 12.1 Å². The van der Waals surface area contributed by atoms with Crippen LogP contribution in [0.2, 0.25) is 0 Å². The summed E-state index contributed by atoms with van der Waals surface area (Å²) < 4.78 is 12.0. The van der Waals surface area contributed by atoms with Gasteiger partial charge in [0.2, 0.25) is 0 Å². The summed E-state index contributed by atoms with van der Waals surface area (Å²) in [5.41, 5.74) is 5.23. The van der Waals surface area contributed by atoms with E-state index in [9.17, 15) is 4.79 Å². The molecule has 82 valence electrons. The van der Waals surface area contributed by atoms with E-state index in [1.807, 2.05) is 0 Å². The van der Waals surface area contributed by atoms with Crippen molar-refractivity contribution >= 4 is 5.91 Å². The summed E-state index contributed by atoms with van der Waals surface area (Å²) in [5, 5.41) is 7.48. The third-order valence-electron chi connectivity index (χ3n) is 2.41. The fourth-order valence-corrected chi connectivity index (χ4v) is 1.55.